The van der Waals surface area contributed by atoms with Gasteiger partial charge in [0.1, 0.15) is 11.4 Å². The molecule has 0 unspecified atom stereocenters. The maximum absolute atomic E-state index is 12.1. The number of carbonyl (C=O) groups excluding carboxylic acids is 2. The maximum atomic E-state index is 12.1. The Balaban J connectivity index is 1.62. The molecule has 0 aliphatic carbocycles. The van der Waals surface area contributed by atoms with Gasteiger partial charge < -0.3 is 24.8 Å². The van der Waals surface area contributed by atoms with Crippen LogP contribution in [-0.2, 0) is 20.7 Å². The van der Waals surface area contributed by atoms with Gasteiger partial charge in [-0.1, -0.05) is 12.1 Å². The summed E-state index contributed by atoms with van der Waals surface area (Å²) in [7, 11) is 0. The van der Waals surface area contributed by atoms with Gasteiger partial charge in [-0.3, -0.25) is 0 Å². The molecule has 0 saturated carbocycles. The molecule has 1 heterocycles. The number of piperidine rings is 1. The SMILES string of the molecule is CC(C)(C)OC(=O)N1CCC(COC(=O)COc2ccc(CCCCN)cc2)CC1. The maximum Gasteiger partial charge on any atom is 0.410 e. The monoisotopic (exact) mass is 420 g/mol. The van der Waals surface area contributed by atoms with E-state index in [9.17, 15) is 9.59 Å². The Labute approximate surface area is 179 Å². The number of likely N-dealkylation sites (tertiary alicyclic amines) is 1. The molecule has 7 heteroatoms. The van der Waals surface area contributed by atoms with Gasteiger partial charge in [0.15, 0.2) is 6.61 Å². The van der Waals surface area contributed by atoms with E-state index < -0.39 is 5.60 Å². The van der Waals surface area contributed by atoms with Crippen LogP contribution in [0.1, 0.15) is 52.0 Å². The average molecular weight is 421 g/mol. The summed E-state index contributed by atoms with van der Waals surface area (Å²) in [5, 5.41) is 0. The van der Waals surface area contributed by atoms with Gasteiger partial charge in [-0.15, -0.1) is 0 Å². The van der Waals surface area contributed by atoms with E-state index in [1.807, 2.05) is 45.0 Å². The van der Waals surface area contributed by atoms with E-state index in [0.29, 0.717) is 32.0 Å². The van der Waals surface area contributed by atoms with Crippen molar-refractivity contribution >= 4 is 12.1 Å². The van der Waals surface area contributed by atoms with E-state index in [-0.39, 0.29) is 24.6 Å². The minimum atomic E-state index is -0.492. The Kier molecular flexibility index (Phi) is 9.43. The van der Waals surface area contributed by atoms with E-state index in [1.165, 1.54) is 5.56 Å². The molecule has 0 spiro atoms. The van der Waals surface area contributed by atoms with Gasteiger partial charge in [0.05, 0.1) is 6.61 Å². The molecule has 1 fully saturated rings. The van der Waals surface area contributed by atoms with Crippen LogP contribution in [-0.4, -0.2) is 55.4 Å². The molecule has 30 heavy (non-hydrogen) atoms. The van der Waals surface area contributed by atoms with Crippen LogP contribution < -0.4 is 10.5 Å². The van der Waals surface area contributed by atoms with Gasteiger partial charge in [-0.25, -0.2) is 9.59 Å². The zero-order valence-electron chi connectivity index (χ0n) is 18.5. The average Bonchev–Trinajstić information content (AvgIpc) is 2.71. The van der Waals surface area contributed by atoms with Crippen LogP contribution in [0.15, 0.2) is 24.3 Å². The fraction of sp³-hybridized carbons (Fsp3) is 0.652. The summed E-state index contributed by atoms with van der Waals surface area (Å²) in [6.45, 7) is 7.77. The van der Waals surface area contributed by atoms with Gasteiger partial charge in [-0.2, -0.15) is 0 Å². The number of benzene rings is 1. The number of hydrogen-bond acceptors (Lipinski definition) is 6. The second kappa shape index (κ2) is 11.8. The number of aryl methyl sites for hydroxylation is 1. The first-order valence-electron chi connectivity index (χ1n) is 10.8. The highest BCUT2D eigenvalue weighted by Gasteiger charge is 2.27. The van der Waals surface area contributed by atoms with Crippen molar-refractivity contribution in [3.05, 3.63) is 29.8 Å². The van der Waals surface area contributed by atoms with Crippen molar-refractivity contribution in [3.8, 4) is 5.75 Å². The lowest BCUT2D eigenvalue weighted by Crippen LogP contribution is -2.42. The molecule has 168 valence electrons. The molecule has 0 bridgehead atoms. The van der Waals surface area contributed by atoms with Crippen molar-refractivity contribution in [2.45, 2.75) is 58.5 Å². The highest BCUT2D eigenvalue weighted by atomic mass is 16.6. The van der Waals surface area contributed by atoms with Crippen LogP contribution in [0.2, 0.25) is 0 Å². The van der Waals surface area contributed by atoms with Crippen molar-refractivity contribution in [2.24, 2.45) is 11.7 Å². The fourth-order valence-corrected chi connectivity index (χ4v) is 3.23. The fourth-order valence-electron chi connectivity index (χ4n) is 3.23. The van der Waals surface area contributed by atoms with Gasteiger partial charge in [-0.05, 0) is 83.0 Å². The Morgan fingerprint density at radius 3 is 2.37 bits per heavy atom. The molecule has 1 aliphatic rings. The van der Waals surface area contributed by atoms with Crippen molar-refractivity contribution in [2.75, 3.05) is 32.8 Å². The first-order chi connectivity index (χ1) is 14.3. The zero-order valence-corrected chi connectivity index (χ0v) is 18.5. The van der Waals surface area contributed by atoms with Crippen LogP contribution in [0.4, 0.5) is 4.79 Å². The highest BCUT2D eigenvalue weighted by Crippen LogP contribution is 2.20. The number of carbonyl (C=O) groups is 2. The third-order valence-electron chi connectivity index (χ3n) is 4.95. The molecule has 1 aliphatic heterocycles. The summed E-state index contributed by atoms with van der Waals surface area (Å²) in [4.78, 5) is 25.8. The number of hydrogen-bond donors (Lipinski definition) is 1. The lowest BCUT2D eigenvalue weighted by molar-refractivity contribution is -0.147. The summed E-state index contributed by atoms with van der Waals surface area (Å²) in [6, 6.07) is 7.76. The number of nitrogens with two attached hydrogens (primary N) is 1. The zero-order chi connectivity index (χ0) is 22.0. The topological polar surface area (TPSA) is 91.1 Å². The minimum absolute atomic E-state index is 0.108. The largest absolute Gasteiger partial charge is 0.482 e. The summed E-state index contributed by atoms with van der Waals surface area (Å²) in [5.74, 6) is 0.525. The van der Waals surface area contributed by atoms with Crippen LogP contribution in [0.3, 0.4) is 0 Å². The molecule has 0 aromatic heterocycles. The molecule has 1 amide bonds. The Hall–Kier alpha value is -2.28. The molecule has 0 atom stereocenters. The lowest BCUT2D eigenvalue weighted by atomic mass is 9.98. The number of esters is 1. The van der Waals surface area contributed by atoms with Gasteiger partial charge in [0, 0.05) is 13.1 Å². The van der Waals surface area contributed by atoms with E-state index in [2.05, 4.69) is 0 Å². The van der Waals surface area contributed by atoms with Crippen molar-refractivity contribution < 1.29 is 23.8 Å². The molecule has 0 radical (unpaired) electrons. The first kappa shape index (κ1) is 24.0. The predicted octanol–water partition coefficient (Wildman–Crippen LogP) is 3.54. The molecule has 1 aromatic rings. The van der Waals surface area contributed by atoms with Crippen molar-refractivity contribution in [1.29, 1.82) is 0 Å². The van der Waals surface area contributed by atoms with E-state index >= 15 is 0 Å². The van der Waals surface area contributed by atoms with Gasteiger partial charge >= 0.3 is 12.1 Å². The summed E-state index contributed by atoms with van der Waals surface area (Å²) in [6.07, 6.45) is 4.38. The van der Waals surface area contributed by atoms with Crippen LogP contribution in [0, 0.1) is 5.92 Å². The lowest BCUT2D eigenvalue weighted by Gasteiger charge is -2.33. The summed E-state index contributed by atoms with van der Waals surface area (Å²) < 4.78 is 16.3. The highest BCUT2D eigenvalue weighted by molar-refractivity contribution is 5.71. The molecule has 7 nitrogen and oxygen atoms in total. The number of rotatable bonds is 9. The van der Waals surface area contributed by atoms with Crippen LogP contribution in [0.5, 0.6) is 5.75 Å². The predicted molar refractivity (Wildman–Crippen MR) is 115 cm³/mol. The molecular weight excluding hydrogens is 384 g/mol. The third kappa shape index (κ3) is 9.03. The Morgan fingerprint density at radius 2 is 1.77 bits per heavy atom. The third-order valence-corrected chi connectivity index (χ3v) is 4.95. The summed E-state index contributed by atoms with van der Waals surface area (Å²) in [5.41, 5.74) is 6.25. The molecule has 2 N–H and O–H groups in total. The smallest absolute Gasteiger partial charge is 0.410 e. The molecule has 1 aromatic carbocycles. The second-order valence-electron chi connectivity index (χ2n) is 8.77. The molecule has 2 rings (SSSR count). The standard InChI is InChI=1S/C23H36N2O5/c1-23(2,3)30-22(27)25-14-11-19(12-15-25)16-29-21(26)17-28-20-9-7-18(8-10-20)6-4-5-13-24/h7-10,19H,4-6,11-17,24H2,1-3H3. The number of nitrogens with zero attached hydrogens (tertiary/aromatic N) is 1. The Morgan fingerprint density at radius 1 is 1.10 bits per heavy atom. The van der Waals surface area contributed by atoms with Crippen LogP contribution >= 0.6 is 0 Å². The minimum Gasteiger partial charge on any atom is -0.482 e. The second-order valence-corrected chi connectivity index (χ2v) is 8.77. The number of amides is 1. The van der Waals surface area contributed by atoms with Crippen molar-refractivity contribution in [3.63, 3.8) is 0 Å². The van der Waals surface area contributed by atoms with E-state index in [1.54, 1.807) is 4.90 Å². The number of unbranched alkanes of at least 4 members (excludes halogenated alkanes) is 1. The molecule has 1 saturated heterocycles. The van der Waals surface area contributed by atoms with E-state index in [4.69, 9.17) is 19.9 Å². The number of ether oxygens (including phenoxy) is 3. The molecular formula is C23H36N2O5. The quantitative estimate of drug-likeness (QED) is 0.485. The van der Waals surface area contributed by atoms with Crippen LogP contribution in [0.25, 0.3) is 0 Å². The van der Waals surface area contributed by atoms with E-state index in [0.717, 1.165) is 32.1 Å². The Bertz CT molecular complexity index is 661. The summed E-state index contributed by atoms with van der Waals surface area (Å²) >= 11 is 0. The van der Waals surface area contributed by atoms with Crippen molar-refractivity contribution in [1.82, 2.24) is 4.90 Å². The van der Waals surface area contributed by atoms with Gasteiger partial charge in [0.2, 0.25) is 0 Å². The normalized spacial score (nSPS) is 15.0. The first-order valence-corrected chi connectivity index (χ1v) is 10.8. The van der Waals surface area contributed by atoms with Gasteiger partial charge in [0.25, 0.3) is 0 Å².